The molecule has 20 heavy (non-hydrogen) atoms. The van der Waals surface area contributed by atoms with Crippen molar-refractivity contribution in [3.63, 3.8) is 0 Å². The summed E-state index contributed by atoms with van der Waals surface area (Å²) in [5.74, 6) is 0. The molecular weight excluding hydrogens is 299 g/mol. The Kier molecular flexibility index (Phi) is 3.82. The fourth-order valence-corrected chi connectivity index (χ4v) is 3.12. The van der Waals surface area contributed by atoms with Crippen molar-refractivity contribution in [3.8, 4) is 0 Å². The normalized spacial score (nSPS) is 18.2. The molecule has 0 amide bonds. The topological polar surface area (TPSA) is 84.2 Å². The van der Waals surface area contributed by atoms with Crippen LogP contribution in [0.5, 0.6) is 0 Å². The van der Waals surface area contributed by atoms with E-state index in [0.29, 0.717) is 6.42 Å². The second-order valence-corrected chi connectivity index (χ2v) is 6.38. The predicted octanol–water partition coefficient (Wildman–Crippen LogP) is 0.639. The van der Waals surface area contributed by atoms with Crippen LogP contribution in [0.2, 0.25) is 0 Å². The molecule has 0 atom stereocenters. The first-order valence-corrected chi connectivity index (χ1v) is 7.43. The van der Waals surface area contributed by atoms with Gasteiger partial charge in [-0.05, 0) is 19.3 Å². The third kappa shape index (κ3) is 2.96. The van der Waals surface area contributed by atoms with Crippen LogP contribution in [0.4, 0.5) is 13.2 Å². The summed E-state index contributed by atoms with van der Waals surface area (Å²) in [7, 11) is -4.26. The maximum atomic E-state index is 12.7. The lowest BCUT2D eigenvalue weighted by molar-refractivity contribution is -0.160. The first kappa shape index (κ1) is 15.3. The molecule has 10 heteroatoms. The number of rotatable bonds is 6. The second-order valence-electron chi connectivity index (χ2n) is 4.70. The predicted molar refractivity (Wildman–Crippen MR) is 62.3 cm³/mol. The highest BCUT2D eigenvalue weighted by molar-refractivity contribution is 7.89. The molecule has 1 saturated carbocycles. The summed E-state index contributed by atoms with van der Waals surface area (Å²) in [6, 6.07) is 0. The third-order valence-electron chi connectivity index (χ3n) is 3.09. The molecule has 114 valence electrons. The summed E-state index contributed by atoms with van der Waals surface area (Å²) < 4.78 is 65.0. The Morgan fingerprint density at radius 3 is 2.60 bits per heavy atom. The van der Waals surface area contributed by atoms with Crippen molar-refractivity contribution >= 4 is 10.0 Å². The van der Waals surface area contributed by atoms with Gasteiger partial charge in [-0.3, -0.25) is 4.68 Å². The van der Waals surface area contributed by atoms with Crippen LogP contribution in [-0.2, 0) is 16.6 Å². The minimum Gasteiger partial charge on any atom is -0.396 e. The van der Waals surface area contributed by atoms with Crippen LogP contribution in [0, 0.1) is 0 Å². The number of aromatic nitrogens is 2. The number of halogens is 3. The van der Waals surface area contributed by atoms with E-state index in [1.807, 2.05) is 0 Å². The summed E-state index contributed by atoms with van der Waals surface area (Å²) in [5.41, 5.74) is -2.33. The van der Waals surface area contributed by atoms with Gasteiger partial charge in [-0.25, -0.2) is 8.42 Å². The van der Waals surface area contributed by atoms with Crippen LogP contribution in [0.1, 0.15) is 19.3 Å². The second kappa shape index (κ2) is 5.01. The SMILES string of the molecule is O=S(=O)(NC1(C(F)(F)F)CC1)c1cnn(CCCO)c1. The Morgan fingerprint density at radius 2 is 2.10 bits per heavy atom. The van der Waals surface area contributed by atoms with E-state index in [1.165, 1.54) is 4.68 Å². The maximum absolute atomic E-state index is 12.7. The van der Waals surface area contributed by atoms with Gasteiger partial charge in [-0.15, -0.1) is 0 Å². The molecule has 1 aromatic heterocycles. The average Bonchev–Trinajstić information content (AvgIpc) is 2.94. The van der Waals surface area contributed by atoms with Gasteiger partial charge in [-0.1, -0.05) is 0 Å². The largest absolute Gasteiger partial charge is 0.407 e. The highest BCUT2D eigenvalue weighted by atomic mass is 32.2. The van der Waals surface area contributed by atoms with Crippen LogP contribution in [0.3, 0.4) is 0 Å². The van der Waals surface area contributed by atoms with Crippen LogP contribution in [-0.4, -0.2) is 41.6 Å². The van der Waals surface area contributed by atoms with Crippen molar-refractivity contribution in [2.24, 2.45) is 0 Å². The monoisotopic (exact) mass is 313 g/mol. The molecule has 0 saturated heterocycles. The fourth-order valence-electron chi connectivity index (χ4n) is 1.72. The molecule has 1 heterocycles. The van der Waals surface area contributed by atoms with Gasteiger partial charge in [0.1, 0.15) is 10.4 Å². The molecule has 1 aromatic rings. The first-order valence-electron chi connectivity index (χ1n) is 5.94. The summed E-state index contributed by atoms with van der Waals surface area (Å²) >= 11 is 0. The van der Waals surface area contributed by atoms with Crippen molar-refractivity contribution in [2.45, 2.75) is 42.4 Å². The van der Waals surface area contributed by atoms with Crippen LogP contribution in [0.15, 0.2) is 17.3 Å². The van der Waals surface area contributed by atoms with E-state index in [9.17, 15) is 21.6 Å². The molecule has 0 spiro atoms. The van der Waals surface area contributed by atoms with Gasteiger partial charge < -0.3 is 5.11 Å². The zero-order valence-electron chi connectivity index (χ0n) is 10.4. The van der Waals surface area contributed by atoms with Crippen molar-refractivity contribution < 1.29 is 26.7 Å². The molecule has 2 N–H and O–H groups in total. The molecule has 0 unspecified atom stereocenters. The van der Waals surface area contributed by atoms with Gasteiger partial charge in [-0.2, -0.15) is 23.0 Å². The minimum atomic E-state index is -4.60. The number of aryl methyl sites for hydroxylation is 1. The molecule has 0 aromatic carbocycles. The summed E-state index contributed by atoms with van der Waals surface area (Å²) in [4.78, 5) is -0.314. The molecule has 0 radical (unpaired) electrons. The Morgan fingerprint density at radius 1 is 1.45 bits per heavy atom. The number of sulfonamides is 1. The summed E-state index contributed by atoms with van der Waals surface area (Å²) in [6.45, 7) is 0.202. The molecule has 2 rings (SSSR count). The molecule has 1 fully saturated rings. The quantitative estimate of drug-likeness (QED) is 0.807. The number of hydrogen-bond donors (Lipinski definition) is 2. The Labute approximate surface area is 113 Å². The smallest absolute Gasteiger partial charge is 0.396 e. The van der Waals surface area contributed by atoms with Crippen molar-refractivity contribution in [1.82, 2.24) is 14.5 Å². The Hall–Kier alpha value is -1.13. The molecule has 1 aliphatic rings. The molecule has 0 aliphatic heterocycles. The zero-order chi connectivity index (χ0) is 15.0. The van der Waals surface area contributed by atoms with E-state index in [0.717, 1.165) is 12.4 Å². The van der Waals surface area contributed by atoms with E-state index in [1.54, 1.807) is 4.72 Å². The Balaban J connectivity index is 2.13. The number of nitrogens with one attached hydrogen (secondary N) is 1. The average molecular weight is 313 g/mol. The van der Waals surface area contributed by atoms with Crippen molar-refractivity contribution in [1.29, 1.82) is 0 Å². The van der Waals surface area contributed by atoms with Gasteiger partial charge >= 0.3 is 6.18 Å². The number of alkyl halides is 3. The molecule has 1 aliphatic carbocycles. The van der Waals surface area contributed by atoms with Gasteiger partial charge in [0, 0.05) is 19.3 Å². The van der Waals surface area contributed by atoms with Gasteiger partial charge in [0.2, 0.25) is 10.0 Å². The molecular formula is C10H14F3N3O3S. The third-order valence-corrected chi connectivity index (χ3v) is 4.58. The lowest BCUT2D eigenvalue weighted by Crippen LogP contribution is -2.47. The first-order chi connectivity index (χ1) is 9.20. The maximum Gasteiger partial charge on any atom is 0.407 e. The van der Waals surface area contributed by atoms with Crippen molar-refractivity contribution in [2.75, 3.05) is 6.61 Å². The fraction of sp³-hybridized carbons (Fsp3) is 0.700. The van der Waals surface area contributed by atoms with Crippen LogP contribution >= 0.6 is 0 Å². The zero-order valence-corrected chi connectivity index (χ0v) is 11.2. The molecule has 6 nitrogen and oxygen atoms in total. The van der Waals surface area contributed by atoms with Crippen LogP contribution < -0.4 is 4.72 Å². The van der Waals surface area contributed by atoms with Gasteiger partial charge in [0.15, 0.2) is 0 Å². The summed E-state index contributed by atoms with van der Waals surface area (Å²) in [5, 5.41) is 12.4. The lowest BCUT2D eigenvalue weighted by Gasteiger charge is -2.19. The lowest BCUT2D eigenvalue weighted by atomic mass is 10.3. The number of aliphatic hydroxyl groups excluding tert-OH is 1. The number of aliphatic hydroxyl groups is 1. The highest BCUT2D eigenvalue weighted by Crippen LogP contribution is 2.49. The van der Waals surface area contributed by atoms with Gasteiger partial charge in [0.05, 0.1) is 6.20 Å². The van der Waals surface area contributed by atoms with E-state index in [-0.39, 0.29) is 30.9 Å². The minimum absolute atomic E-state index is 0.0859. The molecule has 0 bridgehead atoms. The van der Waals surface area contributed by atoms with E-state index in [4.69, 9.17) is 5.11 Å². The number of nitrogens with zero attached hydrogens (tertiary/aromatic N) is 2. The van der Waals surface area contributed by atoms with Crippen molar-refractivity contribution in [3.05, 3.63) is 12.4 Å². The van der Waals surface area contributed by atoms with E-state index < -0.39 is 21.7 Å². The van der Waals surface area contributed by atoms with E-state index in [2.05, 4.69) is 5.10 Å². The summed E-state index contributed by atoms with van der Waals surface area (Å²) in [6.07, 6.45) is -2.60. The standard InChI is InChI=1S/C10H14F3N3O3S/c11-10(12,13)9(2-3-9)15-20(18,19)8-6-14-16(7-8)4-1-5-17/h6-7,15,17H,1-5H2. The van der Waals surface area contributed by atoms with Crippen LogP contribution in [0.25, 0.3) is 0 Å². The van der Waals surface area contributed by atoms with E-state index >= 15 is 0 Å². The Bertz CT molecular complexity index is 578. The van der Waals surface area contributed by atoms with Gasteiger partial charge in [0.25, 0.3) is 0 Å². The highest BCUT2D eigenvalue weighted by Gasteiger charge is 2.65. The number of hydrogen-bond acceptors (Lipinski definition) is 4.